The first-order valence-corrected chi connectivity index (χ1v) is 8.23. The summed E-state index contributed by atoms with van der Waals surface area (Å²) in [4.78, 5) is 15.2. The van der Waals surface area contributed by atoms with Crippen molar-refractivity contribution >= 4 is 23.4 Å². The Morgan fingerprint density at radius 3 is 2.76 bits per heavy atom. The SMILES string of the molecule is C=CCN=c1scc(-c2ccccc2)n1N=Cc1ccc([N+](=O)[O-])o1. The fraction of sp³-hybridized carbons (Fsp3) is 0.0588. The van der Waals surface area contributed by atoms with E-state index in [0.717, 1.165) is 11.3 Å². The molecule has 0 atom stereocenters. The zero-order valence-electron chi connectivity index (χ0n) is 13.1. The van der Waals surface area contributed by atoms with Gasteiger partial charge in [-0.2, -0.15) is 5.10 Å². The molecule has 0 amide bonds. The highest BCUT2D eigenvalue weighted by atomic mass is 32.1. The molecule has 2 heterocycles. The van der Waals surface area contributed by atoms with Gasteiger partial charge in [-0.1, -0.05) is 36.4 Å². The maximum Gasteiger partial charge on any atom is 0.433 e. The van der Waals surface area contributed by atoms with E-state index in [2.05, 4.69) is 16.7 Å². The Morgan fingerprint density at radius 1 is 1.28 bits per heavy atom. The molecule has 0 saturated carbocycles. The highest BCUT2D eigenvalue weighted by Gasteiger charge is 2.11. The Balaban J connectivity index is 2.02. The molecular weight excluding hydrogens is 340 g/mol. The average Bonchev–Trinajstić information content (AvgIpc) is 3.26. The van der Waals surface area contributed by atoms with Crippen molar-refractivity contribution in [2.45, 2.75) is 0 Å². The molecule has 0 aliphatic heterocycles. The number of hydrogen-bond acceptors (Lipinski definition) is 6. The smallest absolute Gasteiger partial charge is 0.400 e. The standard InChI is InChI=1S/C17H14N4O3S/c1-2-10-18-17-20(15(12-25-17)13-6-4-3-5-7-13)19-11-14-8-9-16(24-14)21(22)23/h2-9,11-12H,1,10H2. The third kappa shape index (κ3) is 3.81. The Hall–Kier alpha value is -3.26. The fourth-order valence-corrected chi connectivity index (χ4v) is 2.94. The van der Waals surface area contributed by atoms with Gasteiger partial charge in [-0.05, 0) is 6.07 Å². The molecule has 126 valence electrons. The monoisotopic (exact) mass is 354 g/mol. The van der Waals surface area contributed by atoms with Gasteiger partial charge in [-0.3, -0.25) is 15.1 Å². The highest BCUT2D eigenvalue weighted by Crippen LogP contribution is 2.20. The van der Waals surface area contributed by atoms with Gasteiger partial charge in [0, 0.05) is 10.9 Å². The number of thiazole rings is 1. The second-order valence-electron chi connectivity index (χ2n) is 4.89. The van der Waals surface area contributed by atoms with Crippen molar-refractivity contribution in [1.29, 1.82) is 0 Å². The Labute approximate surface area is 147 Å². The third-order valence-corrected chi connectivity index (χ3v) is 4.06. The lowest BCUT2D eigenvalue weighted by atomic mass is 10.2. The molecule has 2 aromatic heterocycles. The molecule has 8 heteroatoms. The first kappa shape index (κ1) is 16.6. The quantitative estimate of drug-likeness (QED) is 0.293. The second kappa shape index (κ2) is 7.54. The molecule has 1 aromatic carbocycles. The zero-order chi connectivity index (χ0) is 17.6. The minimum absolute atomic E-state index is 0.291. The molecule has 0 spiro atoms. The van der Waals surface area contributed by atoms with Crippen LogP contribution < -0.4 is 4.80 Å². The minimum atomic E-state index is -0.588. The topological polar surface area (TPSA) is 85.9 Å². The molecule has 7 nitrogen and oxygen atoms in total. The minimum Gasteiger partial charge on any atom is -0.400 e. The molecule has 0 aliphatic rings. The number of furan rings is 1. The summed E-state index contributed by atoms with van der Waals surface area (Å²) >= 11 is 1.45. The van der Waals surface area contributed by atoms with Crippen LogP contribution in [0, 0.1) is 10.1 Å². The Morgan fingerprint density at radius 2 is 2.08 bits per heavy atom. The lowest BCUT2D eigenvalue weighted by molar-refractivity contribution is -0.402. The number of nitro groups is 1. The third-order valence-electron chi connectivity index (χ3n) is 3.20. The predicted octanol–water partition coefficient (Wildman–Crippen LogP) is 3.69. The normalized spacial score (nSPS) is 11.9. The molecule has 0 aliphatic carbocycles. The zero-order valence-corrected chi connectivity index (χ0v) is 13.9. The van der Waals surface area contributed by atoms with Gasteiger partial charge in [-0.25, -0.2) is 4.68 Å². The number of hydrogen-bond donors (Lipinski definition) is 0. The van der Waals surface area contributed by atoms with E-state index in [4.69, 9.17) is 4.42 Å². The summed E-state index contributed by atoms with van der Waals surface area (Å²) in [6, 6.07) is 12.6. The van der Waals surface area contributed by atoms with Crippen molar-refractivity contribution in [3.63, 3.8) is 0 Å². The molecule has 25 heavy (non-hydrogen) atoms. The maximum atomic E-state index is 10.7. The van der Waals surface area contributed by atoms with E-state index in [9.17, 15) is 10.1 Å². The lowest BCUT2D eigenvalue weighted by Gasteiger charge is -2.02. The number of nitrogens with zero attached hydrogens (tertiary/aromatic N) is 4. The van der Waals surface area contributed by atoms with Crippen molar-refractivity contribution < 1.29 is 9.34 Å². The van der Waals surface area contributed by atoms with E-state index < -0.39 is 4.92 Å². The summed E-state index contributed by atoms with van der Waals surface area (Å²) in [5.41, 5.74) is 1.85. The number of rotatable bonds is 6. The van der Waals surface area contributed by atoms with Crippen LogP contribution in [-0.4, -0.2) is 22.4 Å². The van der Waals surface area contributed by atoms with Gasteiger partial charge >= 0.3 is 5.88 Å². The molecule has 3 rings (SSSR count). The van der Waals surface area contributed by atoms with Crippen LogP contribution in [0.25, 0.3) is 11.3 Å². The van der Waals surface area contributed by atoms with E-state index in [1.165, 1.54) is 29.7 Å². The largest absolute Gasteiger partial charge is 0.433 e. The van der Waals surface area contributed by atoms with Crippen LogP contribution in [-0.2, 0) is 0 Å². The molecule has 0 fully saturated rings. The van der Waals surface area contributed by atoms with Crippen LogP contribution in [0.15, 0.2) is 75.0 Å². The molecule has 0 saturated heterocycles. The summed E-state index contributed by atoms with van der Waals surface area (Å²) in [5.74, 6) is -0.0318. The summed E-state index contributed by atoms with van der Waals surface area (Å²) in [6.45, 7) is 4.14. The predicted molar refractivity (Wildman–Crippen MR) is 96.7 cm³/mol. The van der Waals surface area contributed by atoms with Crippen LogP contribution in [0.4, 0.5) is 5.88 Å². The summed E-state index contributed by atoms with van der Waals surface area (Å²) in [7, 11) is 0. The lowest BCUT2D eigenvalue weighted by Crippen LogP contribution is -2.12. The molecule has 3 aromatic rings. The second-order valence-corrected chi connectivity index (χ2v) is 5.72. The van der Waals surface area contributed by atoms with Crippen LogP contribution in [0.1, 0.15) is 5.76 Å². The number of aromatic nitrogens is 1. The first-order chi connectivity index (χ1) is 12.2. The van der Waals surface area contributed by atoms with E-state index in [1.54, 1.807) is 10.8 Å². The molecule has 0 radical (unpaired) electrons. The van der Waals surface area contributed by atoms with E-state index in [1.807, 2.05) is 35.7 Å². The fourth-order valence-electron chi connectivity index (χ4n) is 2.09. The van der Waals surface area contributed by atoms with Gasteiger partial charge in [0.1, 0.15) is 4.92 Å². The Kier molecular flexibility index (Phi) is 5.00. The van der Waals surface area contributed by atoms with Crippen molar-refractivity contribution in [2.75, 3.05) is 6.54 Å². The van der Waals surface area contributed by atoms with Crippen molar-refractivity contribution in [3.8, 4) is 11.3 Å². The van der Waals surface area contributed by atoms with Gasteiger partial charge in [0.05, 0.1) is 24.5 Å². The average molecular weight is 354 g/mol. The Bertz CT molecular complexity index is 983. The molecule has 0 unspecified atom stereocenters. The van der Waals surface area contributed by atoms with Crippen LogP contribution in [0.3, 0.4) is 0 Å². The highest BCUT2D eigenvalue weighted by molar-refractivity contribution is 7.07. The van der Waals surface area contributed by atoms with Gasteiger partial charge in [0.25, 0.3) is 0 Å². The number of benzene rings is 1. The first-order valence-electron chi connectivity index (χ1n) is 7.35. The summed E-state index contributed by atoms with van der Waals surface area (Å²) in [5, 5.41) is 17.1. The van der Waals surface area contributed by atoms with E-state index in [-0.39, 0.29) is 5.88 Å². The van der Waals surface area contributed by atoms with Gasteiger partial charge in [0.2, 0.25) is 4.80 Å². The van der Waals surface area contributed by atoms with Gasteiger partial charge in [0.15, 0.2) is 5.76 Å². The van der Waals surface area contributed by atoms with Crippen molar-refractivity contribution in [2.24, 2.45) is 10.1 Å². The molecule has 0 bridgehead atoms. The van der Waals surface area contributed by atoms with Crippen LogP contribution in [0.2, 0.25) is 0 Å². The summed E-state index contributed by atoms with van der Waals surface area (Å²) in [6.07, 6.45) is 3.13. The van der Waals surface area contributed by atoms with E-state index in [0.29, 0.717) is 17.1 Å². The van der Waals surface area contributed by atoms with Gasteiger partial charge in [-0.15, -0.1) is 17.9 Å². The van der Waals surface area contributed by atoms with Crippen LogP contribution in [0.5, 0.6) is 0 Å². The molecule has 0 N–H and O–H groups in total. The van der Waals surface area contributed by atoms with E-state index >= 15 is 0 Å². The molecular formula is C17H14N4O3S. The maximum absolute atomic E-state index is 10.7. The van der Waals surface area contributed by atoms with Crippen LogP contribution >= 0.6 is 11.3 Å². The van der Waals surface area contributed by atoms with Crippen molar-refractivity contribution in [3.05, 3.63) is 81.2 Å². The summed E-state index contributed by atoms with van der Waals surface area (Å²) < 4.78 is 6.78. The van der Waals surface area contributed by atoms with Gasteiger partial charge < -0.3 is 4.42 Å². The van der Waals surface area contributed by atoms with Crippen molar-refractivity contribution in [1.82, 2.24) is 4.68 Å².